The Kier molecular flexibility index (Phi) is 9.79. The number of nitrogen functional groups attached to an aromatic ring is 2. The minimum atomic E-state index is -1.17. The van der Waals surface area contributed by atoms with Crippen molar-refractivity contribution in [3.8, 4) is 0 Å². The van der Waals surface area contributed by atoms with Crippen LogP contribution in [0.1, 0.15) is 65.6 Å². The number of rotatable bonds is 11. The second-order valence-electron chi connectivity index (χ2n) is 11.1. The van der Waals surface area contributed by atoms with Crippen molar-refractivity contribution in [3.63, 3.8) is 0 Å². The van der Waals surface area contributed by atoms with Crippen molar-refractivity contribution < 1.29 is 19.5 Å². The number of carboxylic acids is 1. The number of halogens is 1. The lowest BCUT2D eigenvalue weighted by atomic mass is 9.86. The summed E-state index contributed by atoms with van der Waals surface area (Å²) in [6, 6.07) is 10.7. The normalized spacial score (nSPS) is 12.0. The SMILES string of the molecule is CC(C)(C)c1ccc(C(=O)NCCC[C@H](NC(=O)c2ccc(NCc3cnc4nc(N)nc(N)c4n3)cc2)C(=O)O)c(Cl)c1. The summed E-state index contributed by atoms with van der Waals surface area (Å²) in [5.74, 6) is -1.91. The molecule has 4 aromatic rings. The van der Waals surface area contributed by atoms with Gasteiger partial charge in [-0.2, -0.15) is 9.97 Å². The highest BCUT2D eigenvalue weighted by Crippen LogP contribution is 2.27. The molecule has 13 nitrogen and oxygen atoms in total. The van der Waals surface area contributed by atoms with E-state index < -0.39 is 17.9 Å². The molecule has 1 atom stereocenters. The molecular weight excluding hydrogens is 586 g/mol. The summed E-state index contributed by atoms with van der Waals surface area (Å²) in [5.41, 5.74) is 14.9. The number of nitrogens with one attached hydrogen (secondary N) is 3. The molecule has 230 valence electrons. The Morgan fingerprint density at radius 2 is 1.73 bits per heavy atom. The first-order chi connectivity index (χ1) is 20.8. The largest absolute Gasteiger partial charge is 0.480 e. The summed E-state index contributed by atoms with van der Waals surface area (Å²) in [6.45, 7) is 6.69. The number of amides is 2. The van der Waals surface area contributed by atoms with Crippen molar-refractivity contribution in [1.29, 1.82) is 0 Å². The fraction of sp³-hybridized carbons (Fsp3) is 0.300. The number of anilines is 3. The van der Waals surface area contributed by atoms with E-state index in [1.165, 1.54) is 0 Å². The molecule has 0 bridgehead atoms. The van der Waals surface area contributed by atoms with E-state index in [0.29, 0.717) is 46.1 Å². The van der Waals surface area contributed by atoms with E-state index in [0.717, 1.165) is 5.56 Å². The summed E-state index contributed by atoms with van der Waals surface area (Å²) >= 11 is 6.33. The monoisotopic (exact) mass is 619 g/mol. The first-order valence-electron chi connectivity index (χ1n) is 13.8. The zero-order chi connectivity index (χ0) is 32.0. The van der Waals surface area contributed by atoms with Crippen LogP contribution in [0.2, 0.25) is 5.02 Å². The summed E-state index contributed by atoms with van der Waals surface area (Å²) in [6.07, 6.45) is 1.98. The Bertz CT molecular complexity index is 1690. The highest BCUT2D eigenvalue weighted by molar-refractivity contribution is 6.33. The molecule has 8 N–H and O–H groups in total. The number of carboxylic acid groups (broad SMARTS) is 1. The number of benzene rings is 2. The van der Waals surface area contributed by atoms with Gasteiger partial charge >= 0.3 is 5.97 Å². The molecule has 44 heavy (non-hydrogen) atoms. The number of aliphatic carboxylic acids is 1. The van der Waals surface area contributed by atoms with Crippen molar-refractivity contribution in [2.75, 3.05) is 23.3 Å². The number of hydrogen-bond donors (Lipinski definition) is 6. The zero-order valence-electron chi connectivity index (χ0n) is 24.5. The maximum absolute atomic E-state index is 12.8. The van der Waals surface area contributed by atoms with Gasteiger partial charge in [0, 0.05) is 17.8 Å². The number of carbonyl (C=O) groups is 3. The topological polar surface area (TPSA) is 211 Å². The van der Waals surface area contributed by atoms with Crippen LogP contribution in [0.15, 0.2) is 48.7 Å². The van der Waals surface area contributed by atoms with Crippen LogP contribution in [0.25, 0.3) is 11.2 Å². The van der Waals surface area contributed by atoms with Gasteiger partial charge in [-0.1, -0.05) is 38.4 Å². The molecule has 14 heteroatoms. The third-order valence-electron chi connectivity index (χ3n) is 6.76. The Morgan fingerprint density at radius 1 is 1.00 bits per heavy atom. The lowest BCUT2D eigenvalue weighted by Crippen LogP contribution is -2.41. The molecule has 2 aromatic carbocycles. The van der Waals surface area contributed by atoms with Crippen molar-refractivity contribution in [2.45, 2.75) is 51.6 Å². The van der Waals surface area contributed by atoms with Crippen LogP contribution in [0.4, 0.5) is 17.5 Å². The number of aromatic nitrogens is 4. The lowest BCUT2D eigenvalue weighted by Gasteiger charge is -2.20. The second-order valence-corrected chi connectivity index (χ2v) is 11.5. The number of nitrogens with two attached hydrogens (primary N) is 2. The van der Waals surface area contributed by atoms with Crippen molar-refractivity contribution >= 4 is 58.0 Å². The Hall–Kier alpha value is -5.04. The summed E-state index contributed by atoms with van der Waals surface area (Å²) < 4.78 is 0. The number of hydrogen-bond acceptors (Lipinski definition) is 10. The average molecular weight is 620 g/mol. The molecule has 0 spiro atoms. The van der Waals surface area contributed by atoms with Gasteiger partial charge in [0.1, 0.15) is 6.04 Å². The number of carbonyl (C=O) groups excluding carboxylic acids is 2. The zero-order valence-corrected chi connectivity index (χ0v) is 25.3. The third kappa shape index (κ3) is 8.07. The van der Waals surface area contributed by atoms with Gasteiger partial charge in [-0.15, -0.1) is 0 Å². The maximum Gasteiger partial charge on any atom is 0.326 e. The minimum absolute atomic E-state index is 0.0156. The van der Waals surface area contributed by atoms with Gasteiger partial charge in [0.05, 0.1) is 29.0 Å². The highest BCUT2D eigenvalue weighted by atomic mass is 35.5. The van der Waals surface area contributed by atoms with Crippen LogP contribution in [0.3, 0.4) is 0 Å². The summed E-state index contributed by atoms with van der Waals surface area (Å²) in [5, 5.41) is 18.5. The average Bonchev–Trinajstić information content (AvgIpc) is 2.97. The smallest absolute Gasteiger partial charge is 0.326 e. The van der Waals surface area contributed by atoms with Crippen LogP contribution in [-0.2, 0) is 16.8 Å². The predicted octanol–water partition coefficient (Wildman–Crippen LogP) is 3.54. The quantitative estimate of drug-likeness (QED) is 0.134. The molecule has 0 fully saturated rings. The molecule has 2 amide bonds. The number of nitrogens with zero attached hydrogens (tertiary/aromatic N) is 4. The van der Waals surface area contributed by atoms with Gasteiger partial charge in [0.25, 0.3) is 11.8 Å². The molecule has 2 heterocycles. The van der Waals surface area contributed by atoms with Gasteiger partial charge in [0.15, 0.2) is 17.0 Å². The first kappa shape index (κ1) is 31.9. The molecule has 4 rings (SSSR count). The maximum atomic E-state index is 12.8. The van der Waals surface area contributed by atoms with E-state index in [-0.39, 0.29) is 41.6 Å². The van der Waals surface area contributed by atoms with Crippen molar-refractivity contribution in [2.24, 2.45) is 0 Å². The van der Waals surface area contributed by atoms with Crippen LogP contribution in [0, 0.1) is 0 Å². The molecular formula is C30H34ClN9O4. The summed E-state index contributed by atoms with van der Waals surface area (Å²) in [7, 11) is 0. The van der Waals surface area contributed by atoms with E-state index in [1.807, 2.05) is 6.07 Å². The molecule has 0 saturated heterocycles. The van der Waals surface area contributed by atoms with E-state index in [4.69, 9.17) is 23.1 Å². The molecule has 0 unspecified atom stereocenters. The molecule has 0 saturated carbocycles. The first-order valence-corrected chi connectivity index (χ1v) is 14.2. The van der Waals surface area contributed by atoms with E-state index >= 15 is 0 Å². The van der Waals surface area contributed by atoms with Crippen LogP contribution < -0.4 is 27.4 Å². The van der Waals surface area contributed by atoms with Gasteiger partial charge < -0.3 is 32.5 Å². The predicted molar refractivity (Wildman–Crippen MR) is 168 cm³/mol. The van der Waals surface area contributed by atoms with Crippen molar-refractivity contribution in [1.82, 2.24) is 30.6 Å². The molecule has 0 radical (unpaired) electrons. The van der Waals surface area contributed by atoms with E-state index in [1.54, 1.807) is 42.6 Å². The Morgan fingerprint density at radius 3 is 2.39 bits per heavy atom. The van der Waals surface area contributed by atoms with Gasteiger partial charge in [-0.3, -0.25) is 9.59 Å². The van der Waals surface area contributed by atoms with E-state index in [9.17, 15) is 19.5 Å². The van der Waals surface area contributed by atoms with E-state index in [2.05, 4.69) is 56.7 Å². The fourth-order valence-electron chi connectivity index (χ4n) is 4.27. The Balaban J connectivity index is 1.26. The van der Waals surface area contributed by atoms with Gasteiger partial charge in [-0.05, 0) is 60.2 Å². The van der Waals surface area contributed by atoms with Crippen LogP contribution in [0.5, 0.6) is 0 Å². The third-order valence-corrected chi connectivity index (χ3v) is 7.07. The highest BCUT2D eigenvalue weighted by Gasteiger charge is 2.21. The van der Waals surface area contributed by atoms with Gasteiger partial charge in [0.2, 0.25) is 5.95 Å². The lowest BCUT2D eigenvalue weighted by molar-refractivity contribution is -0.139. The molecule has 2 aromatic heterocycles. The second kappa shape index (κ2) is 13.5. The molecule has 0 aliphatic rings. The Labute approximate surface area is 258 Å². The van der Waals surface area contributed by atoms with Crippen molar-refractivity contribution in [3.05, 3.63) is 76.1 Å². The van der Waals surface area contributed by atoms with Crippen LogP contribution in [-0.4, -0.2) is 55.4 Å². The minimum Gasteiger partial charge on any atom is -0.480 e. The fourth-order valence-corrected chi connectivity index (χ4v) is 4.53. The molecule has 0 aliphatic heterocycles. The van der Waals surface area contributed by atoms with Gasteiger partial charge in [-0.25, -0.2) is 14.8 Å². The van der Waals surface area contributed by atoms with Crippen LogP contribution >= 0.6 is 11.6 Å². The standard InChI is InChI=1S/C30H34ClN9O4/c1-30(2,3)17-8-11-20(21(31)13-17)27(42)34-12-4-5-22(28(43)44)38-26(41)16-6-9-18(10-7-16)35-14-19-15-36-25-23(37-19)24(32)39-29(33)40-25/h6-11,13,15,22,35H,4-5,12,14H2,1-3H3,(H,34,42)(H,38,41)(H,43,44)(H4,32,33,36,39,40)/t22-/m0/s1. The number of fused-ring (bicyclic) bond motifs is 1. The molecule has 0 aliphatic carbocycles. The summed E-state index contributed by atoms with van der Waals surface area (Å²) in [4.78, 5) is 53.7.